The van der Waals surface area contributed by atoms with Gasteiger partial charge in [-0.25, -0.2) is 4.79 Å². The molecule has 0 atom stereocenters. The predicted octanol–water partition coefficient (Wildman–Crippen LogP) is -0.475. The zero-order valence-electron chi connectivity index (χ0n) is 8.29. The van der Waals surface area contributed by atoms with Gasteiger partial charge >= 0.3 is 5.97 Å². The summed E-state index contributed by atoms with van der Waals surface area (Å²) < 4.78 is 33.7. The SMILES string of the molecule is [B]c1cccc(C(=O)OCCS(=O)(=O)O)c1. The van der Waals surface area contributed by atoms with Crippen molar-refractivity contribution in [3.05, 3.63) is 29.8 Å². The van der Waals surface area contributed by atoms with Crippen molar-refractivity contribution in [2.45, 2.75) is 0 Å². The maximum absolute atomic E-state index is 11.3. The summed E-state index contributed by atoms with van der Waals surface area (Å²) in [7, 11) is 1.34. The largest absolute Gasteiger partial charge is 0.461 e. The van der Waals surface area contributed by atoms with Crippen molar-refractivity contribution >= 4 is 29.4 Å². The minimum absolute atomic E-state index is 0.232. The fraction of sp³-hybridized carbons (Fsp3) is 0.222. The third kappa shape index (κ3) is 4.46. The zero-order valence-corrected chi connectivity index (χ0v) is 9.11. The molecule has 0 aliphatic carbocycles. The average Bonchev–Trinajstić information content (AvgIpc) is 2.15. The van der Waals surface area contributed by atoms with Crippen molar-refractivity contribution in [2.75, 3.05) is 12.4 Å². The van der Waals surface area contributed by atoms with Crippen LogP contribution < -0.4 is 5.46 Å². The molecule has 0 saturated carbocycles. The molecule has 1 aromatic carbocycles. The Morgan fingerprint density at radius 2 is 2.12 bits per heavy atom. The number of hydrogen-bond acceptors (Lipinski definition) is 4. The van der Waals surface area contributed by atoms with Gasteiger partial charge in [0.05, 0.1) is 5.56 Å². The lowest BCUT2D eigenvalue weighted by atomic mass is 9.94. The Hall–Kier alpha value is -1.34. The van der Waals surface area contributed by atoms with Crippen LogP contribution in [0, 0.1) is 0 Å². The van der Waals surface area contributed by atoms with E-state index in [1.54, 1.807) is 12.1 Å². The highest BCUT2D eigenvalue weighted by atomic mass is 32.2. The van der Waals surface area contributed by atoms with E-state index in [0.717, 1.165) is 0 Å². The first-order valence-corrected chi connectivity index (χ1v) is 5.97. The second kappa shape index (κ2) is 5.13. The van der Waals surface area contributed by atoms with Gasteiger partial charge in [0.15, 0.2) is 0 Å². The minimum atomic E-state index is -4.11. The van der Waals surface area contributed by atoms with E-state index < -0.39 is 28.4 Å². The first-order valence-electron chi connectivity index (χ1n) is 4.36. The molecule has 2 radical (unpaired) electrons. The molecule has 16 heavy (non-hydrogen) atoms. The highest BCUT2D eigenvalue weighted by Gasteiger charge is 2.09. The molecule has 7 heteroatoms. The van der Waals surface area contributed by atoms with Gasteiger partial charge in [0, 0.05) is 0 Å². The van der Waals surface area contributed by atoms with Crippen LogP contribution in [-0.4, -0.2) is 39.1 Å². The van der Waals surface area contributed by atoms with Crippen LogP contribution in [0.4, 0.5) is 0 Å². The molecule has 0 aromatic heterocycles. The molecule has 1 N–H and O–H groups in total. The second-order valence-electron chi connectivity index (χ2n) is 3.05. The van der Waals surface area contributed by atoms with E-state index in [1.807, 2.05) is 0 Å². The van der Waals surface area contributed by atoms with Gasteiger partial charge in [-0.15, -0.1) is 0 Å². The topological polar surface area (TPSA) is 80.7 Å². The Morgan fingerprint density at radius 1 is 1.44 bits per heavy atom. The van der Waals surface area contributed by atoms with Crippen molar-refractivity contribution < 1.29 is 22.5 Å². The van der Waals surface area contributed by atoms with Crippen molar-refractivity contribution in [1.29, 1.82) is 0 Å². The molecule has 0 amide bonds. The van der Waals surface area contributed by atoms with Crippen LogP contribution in [0.2, 0.25) is 0 Å². The van der Waals surface area contributed by atoms with E-state index in [-0.39, 0.29) is 5.56 Å². The zero-order chi connectivity index (χ0) is 12.2. The van der Waals surface area contributed by atoms with Crippen LogP contribution in [0.1, 0.15) is 10.4 Å². The Kier molecular flexibility index (Phi) is 4.08. The van der Waals surface area contributed by atoms with Crippen LogP contribution >= 0.6 is 0 Å². The molecule has 0 saturated heterocycles. The Bertz CT molecular complexity index is 482. The van der Waals surface area contributed by atoms with Gasteiger partial charge < -0.3 is 4.74 Å². The van der Waals surface area contributed by atoms with E-state index in [4.69, 9.17) is 12.4 Å². The minimum Gasteiger partial charge on any atom is -0.461 e. The molecule has 5 nitrogen and oxygen atoms in total. The molecule has 0 aliphatic rings. The smallest absolute Gasteiger partial charge is 0.338 e. The lowest BCUT2D eigenvalue weighted by Crippen LogP contribution is -2.16. The van der Waals surface area contributed by atoms with E-state index in [9.17, 15) is 13.2 Å². The number of rotatable bonds is 4. The highest BCUT2D eigenvalue weighted by Crippen LogP contribution is 1.99. The van der Waals surface area contributed by atoms with E-state index in [0.29, 0.717) is 5.46 Å². The summed E-state index contributed by atoms with van der Waals surface area (Å²) in [6.45, 7) is -0.396. The van der Waals surface area contributed by atoms with Crippen LogP contribution in [0.5, 0.6) is 0 Å². The summed E-state index contributed by atoms with van der Waals surface area (Å²) in [5, 5.41) is 0. The predicted molar refractivity (Wildman–Crippen MR) is 58.5 cm³/mol. The summed E-state index contributed by atoms with van der Waals surface area (Å²) in [6, 6.07) is 6.09. The maximum atomic E-state index is 11.3. The second-order valence-corrected chi connectivity index (χ2v) is 4.62. The van der Waals surface area contributed by atoms with Gasteiger partial charge in [0.2, 0.25) is 0 Å². The normalized spacial score (nSPS) is 11.1. The lowest BCUT2D eigenvalue weighted by molar-refractivity contribution is 0.0528. The summed E-state index contributed by atoms with van der Waals surface area (Å²) >= 11 is 0. The summed E-state index contributed by atoms with van der Waals surface area (Å²) in [5.41, 5.74) is 0.638. The molecule has 0 aliphatic heterocycles. The number of benzene rings is 1. The van der Waals surface area contributed by atoms with E-state index in [2.05, 4.69) is 4.74 Å². The van der Waals surface area contributed by atoms with Gasteiger partial charge in [-0.2, -0.15) is 8.42 Å². The van der Waals surface area contributed by atoms with Crippen LogP contribution in [0.15, 0.2) is 24.3 Å². The Morgan fingerprint density at radius 3 is 2.69 bits per heavy atom. The number of carbonyl (C=O) groups is 1. The molecule has 0 bridgehead atoms. The first-order chi connectivity index (χ1) is 7.38. The quantitative estimate of drug-likeness (QED) is 0.437. The van der Waals surface area contributed by atoms with Crippen molar-refractivity contribution in [3.8, 4) is 0 Å². The molecule has 0 unspecified atom stereocenters. The molecular formula is C9H9BO5S. The molecule has 1 aromatic rings. The van der Waals surface area contributed by atoms with Crippen LogP contribution in [-0.2, 0) is 14.9 Å². The summed E-state index contributed by atoms with van der Waals surface area (Å²) in [5.74, 6) is -1.31. The number of esters is 1. The van der Waals surface area contributed by atoms with E-state index >= 15 is 0 Å². The van der Waals surface area contributed by atoms with E-state index in [1.165, 1.54) is 12.1 Å². The molecule has 84 valence electrons. The third-order valence-corrected chi connectivity index (χ3v) is 2.38. The monoisotopic (exact) mass is 240 g/mol. The average molecular weight is 240 g/mol. The standard InChI is InChI=1S/C9H9BO5S/c10-8-3-1-2-7(6-8)9(11)15-4-5-16(12,13)14/h1-3,6H,4-5H2,(H,12,13,14). The first kappa shape index (κ1) is 12.7. The van der Waals surface area contributed by atoms with Crippen molar-refractivity contribution in [3.63, 3.8) is 0 Å². The molecule has 0 spiro atoms. The molecule has 0 fully saturated rings. The fourth-order valence-corrected chi connectivity index (χ4v) is 1.28. The Balaban J connectivity index is 2.54. The van der Waals surface area contributed by atoms with Gasteiger partial charge in [0.1, 0.15) is 20.2 Å². The lowest BCUT2D eigenvalue weighted by Gasteiger charge is -2.04. The third-order valence-electron chi connectivity index (χ3n) is 1.70. The Labute approximate surface area is 94.6 Å². The highest BCUT2D eigenvalue weighted by molar-refractivity contribution is 7.85. The number of carbonyl (C=O) groups excluding carboxylic acids is 1. The van der Waals surface area contributed by atoms with Crippen molar-refractivity contribution in [1.82, 2.24) is 0 Å². The maximum Gasteiger partial charge on any atom is 0.338 e. The van der Waals surface area contributed by atoms with Gasteiger partial charge in [0.25, 0.3) is 10.1 Å². The van der Waals surface area contributed by atoms with Crippen molar-refractivity contribution in [2.24, 2.45) is 0 Å². The number of hydrogen-bond donors (Lipinski definition) is 1. The molecule has 1 rings (SSSR count). The summed E-state index contributed by atoms with van der Waals surface area (Å²) in [6.07, 6.45) is 0. The molecule has 0 heterocycles. The van der Waals surface area contributed by atoms with Gasteiger partial charge in [-0.1, -0.05) is 23.7 Å². The fourth-order valence-electron chi connectivity index (χ4n) is 0.989. The van der Waals surface area contributed by atoms with Crippen LogP contribution in [0.3, 0.4) is 0 Å². The van der Waals surface area contributed by atoms with Crippen LogP contribution in [0.25, 0.3) is 0 Å². The van der Waals surface area contributed by atoms with Gasteiger partial charge in [-0.3, -0.25) is 4.55 Å². The molecular weight excluding hydrogens is 231 g/mol. The summed E-state index contributed by atoms with van der Waals surface area (Å²) in [4.78, 5) is 11.3. The van der Waals surface area contributed by atoms with Gasteiger partial charge in [-0.05, 0) is 6.07 Å². The number of ether oxygens (including phenoxy) is 1.